The third-order valence-electron chi connectivity index (χ3n) is 2.20. The molecule has 1 unspecified atom stereocenters. The summed E-state index contributed by atoms with van der Waals surface area (Å²) in [6, 6.07) is -0.786. The van der Waals surface area contributed by atoms with E-state index in [1.165, 1.54) is 0 Å². The molecule has 0 saturated carbocycles. The Kier molecular flexibility index (Phi) is 3.06. The van der Waals surface area contributed by atoms with Crippen LogP contribution < -0.4 is 5.32 Å². The number of nitrogens with one attached hydrogen (secondary N) is 1. The molecule has 1 saturated heterocycles. The van der Waals surface area contributed by atoms with Crippen molar-refractivity contribution < 1.29 is 24.6 Å². The van der Waals surface area contributed by atoms with Gasteiger partial charge in [0.05, 0.1) is 6.04 Å². The van der Waals surface area contributed by atoms with E-state index in [-0.39, 0.29) is 5.91 Å². The zero-order chi connectivity index (χ0) is 10.7. The molecule has 0 radical (unpaired) electrons. The Bertz CT molecular complexity index is 261. The van der Waals surface area contributed by atoms with Gasteiger partial charge in [0.1, 0.15) is 0 Å². The quantitative estimate of drug-likeness (QED) is 0.531. The molecule has 0 bridgehead atoms. The van der Waals surface area contributed by atoms with Crippen LogP contribution in [-0.2, 0) is 14.4 Å². The first-order valence-corrected chi connectivity index (χ1v) is 4.27. The fraction of sp³-hybridized carbons (Fsp3) is 0.625. The maximum absolute atomic E-state index is 10.9. The number of aliphatic carboxylic acids is 2. The molecule has 0 aromatic heterocycles. The van der Waals surface area contributed by atoms with Crippen molar-refractivity contribution in [3.8, 4) is 0 Å². The number of hydrogen-bond donors (Lipinski definition) is 3. The van der Waals surface area contributed by atoms with Gasteiger partial charge in [-0.1, -0.05) is 0 Å². The summed E-state index contributed by atoms with van der Waals surface area (Å²) in [6.07, 6.45) is 1.27. The summed E-state index contributed by atoms with van der Waals surface area (Å²) in [5, 5.41) is 19.7. The number of carbonyl (C=O) groups is 3. The standard InChI is InChI=1S/C8H11NO5/c10-5-3-1-2-4(9-5)6(7(11)12)8(13)14/h4,6H,1-3H2,(H,9,10)(H,11,12)(H,13,14). The largest absolute Gasteiger partial charge is 0.481 e. The first kappa shape index (κ1) is 10.5. The topological polar surface area (TPSA) is 104 Å². The smallest absolute Gasteiger partial charge is 0.320 e. The summed E-state index contributed by atoms with van der Waals surface area (Å²) in [5.74, 6) is -4.65. The molecule has 0 aromatic rings. The molecule has 14 heavy (non-hydrogen) atoms. The SMILES string of the molecule is O=C1CCCC(C(C(=O)O)C(=O)O)N1. The van der Waals surface area contributed by atoms with Crippen molar-refractivity contribution >= 4 is 17.8 Å². The van der Waals surface area contributed by atoms with Crippen LogP contribution >= 0.6 is 0 Å². The second-order valence-corrected chi connectivity index (χ2v) is 3.22. The van der Waals surface area contributed by atoms with Crippen LogP contribution in [0.2, 0.25) is 0 Å². The van der Waals surface area contributed by atoms with Gasteiger partial charge in [0.2, 0.25) is 5.91 Å². The average Bonchev–Trinajstić information content (AvgIpc) is 2.02. The first-order valence-electron chi connectivity index (χ1n) is 4.27. The minimum Gasteiger partial charge on any atom is -0.481 e. The fourth-order valence-corrected chi connectivity index (χ4v) is 1.53. The van der Waals surface area contributed by atoms with E-state index in [2.05, 4.69) is 5.32 Å². The highest BCUT2D eigenvalue weighted by atomic mass is 16.4. The number of carbonyl (C=O) groups excluding carboxylic acids is 1. The lowest BCUT2D eigenvalue weighted by atomic mass is 9.92. The van der Waals surface area contributed by atoms with Crippen molar-refractivity contribution in [1.82, 2.24) is 5.32 Å². The number of amides is 1. The summed E-state index contributed by atoms with van der Waals surface area (Å²) < 4.78 is 0. The van der Waals surface area contributed by atoms with Crippen molar-refractivity contribution in [1.29, 1.82) is 0 Å². The zero-order valence-electron chi connectivity index (χ0n) is 7.40. The summed E-state index contributed by atoms with van der Waals surface area (Å²) in [4.78, 5) is 32.2. The van der Waals surface area contributed by atoms with Gasteiger partial charge in [0.15, 0.2) is 5.92 Å². The van der Waals surface area contributed by atoms with Crippen LogP contribution in [0.4, 0.5) is 0 Å². The van der Waals surface area contributed by atoms with Crippen LogP contribution in [0.15, 0.2) is 0 Å². The summed E-state index contributed by atoms with van der Waals surface area (Å²) >= 11 is 0. The highest BCUT2D eigenvalue weighted by Gasteiger charge is 2.37. The van der Waals surface area contributed by atoms with Crippen molar-refractivity contribution in [2.75, 3.05) is 0 Å². The van der Waals surface area contributed by atoms with Crippen LogP contribution in [0, 0.1) is 5.92 Å². The lowest BCUT2D eigenvalue weighted by Crippen LogP contribution is -2.49. The summed E-state index contributed by atoms with van der Waals surface area (Å²) in [6.45, 7) is 0. The Hall–Kier alpha value is -1.59. The molecule has 0 spiro atoms. The van der Waals surface area contributed by atoms with E-state index in [0.29, 0.717) is 19.3 Å². The number of hydrogen-bond acceptors (Lipinski definition) is 3. The second-order valence-electron chi connectivity index (χ2n) is 3.22. The van der Waals surface area contributed by atoms with Crippen molar-refractivity contribution in [3.63, 3.8) is 0 Å². The minimum absolute atomic E-state index is 0.284. The Morgan fingerprint density at radius 3 is 2.36 bits per heavy atom. The maximum Gasteiger partial charge on any atom is 0.320 e. The van der Waals surface area contributed by atoms with E-state index >= 15 is 0 Å². The Labute approximate surface area is 79.9 Å². The van der Waals surface area contributed by atoms with Gasteiger partial charge >= 0.3 is 11.9 Å². The van der Waals surface area contributed by atoms with Crippen LogP contribution in [-0.4, -0.2) is 34.1 Å². The third-order valence-corrected chi connectivity index (χ3v) is 2.20. The van der Waals surface area contributed by atoms with Crippen LogP contribution in [0.5, 0.6) is 0 Å². The average molecular weight is 201 g/mol. The van der Waals surface area contributed by atoms with E-state index in [4.69, 9.17) is 10.2 Å². The molecule has 1 atom stereocenters. The van der Waals surface area contributed by atoms with E-state index in [1.807, 2.05) is 0 Å². The van der Waals surface area contributed by atoms with E-state index < -0.39 is 23.9 Å². The van der Waals surface area contributed by atoms with E-state index in [9.17, 15) is 14.4 Å². The maximum atomic E-state index is 10.9. The summed E-state index contributed by atoms with van der Waals surface area (Å²) in [7, 11) is 0. The van der Waals surface area contributed by atoms with Gasteiger partial charge < -0.3 is 15.5 Å². The highest BCUT2D eigenvalue weighted by molar-refractivity contribution is 5.94. The van der Waals surface area contributed by atoms with Crippen molar-refractivity contribution in [2.24, 2.45) is 5.92 Å². The van der Waals surface area contributed by atoms with Gasteiger partial charge in [-0.05, 0) is 12.8 Å². The molecule has 6 nitrogen and oxygen atoms in total. The van der Waals surface area contributed by atoms with Crippen LogP contribution in [0.3, 0.4) is 0 Å². The summed E-state index contributed by atoms with van der Waals surface area (Å²) in [5.41, 5.74) is 0. The minimum atomic E-state index is -1.54. The molecule has 3 N–H and O–H groups in total. The Morgan fingerprint density at radius 1 is 1.36 bits per heavy atom. The zero-order valence-corrected chi connectivity index (χ0v) is 7.40. The number of carboxylic acids is 2. The first-order chi connectivity index (χ1) is 6.52. The Balaban J connectivity index is 2.72. The van der Waals surface area contributed by atoms with Gasteiger partial charge in [-0.15, -0.1) is 0 Å². The Morgan fingerprint density at radius 2 is 1.93 bits per heavy atom. The highest BCUT2D eigenvalue weighted by Crippen LogP contribution is 2.16. The van der Waals surface area contributed by atoms with Gasteiger partial charge in [-0.3, -0.25) is 14.4 Å². The molecule has 1 aliphatic heterocycles. The molecule has 1 rings (SSSR count). The predicted octanol–water partition coefficient (Wildman–Crippen LogP) is -0.559. The van der Waals surface area contributed by atoms with E-state index in [1.54, 1.807) is 0 Å². The third kappa shape index (κ3) is 2.21. The molecule has 0 aromatic carbocycles. The molecule has 1 fully saturated rings. The molecular formula is C8H11NO5. The molecule has 78 valence electrons. The van der Waals surface area contributed by atoms with Crippen LogP contribution in [0.25, 0.3) is 0 Å². The van der Waals surface area contributed by atoms with Crippen LogP contribution in [0.1, 0.15) is 19.3 Å². The van der Waals surface area contributed by atoms with Gasteiger partial charge in [0, 0.05) is 6.42 Å². The van der Waals surface area contributed by atoms with Crippen molar-refractivity contribution in [3.05, 3.63) is 0 Å². The second kappa shape index (κ2) is 4.08. The fourth-order valence-electron chi connectivity index (χ4n) is 1.53. The van der Waals surface area contributed by atoms with Gasteiger partial charge in [0.25, 0.3) is 0 Å². The van der Waals surface area contributed by atoms with Gasteiger partial charge in [-0.25, -0.2) is 0 Å². The number of rotatable bonds is 3. The monoisotopic (exact) mass is 201 g/mol. The molecule has 1 aliphatic rings. The molecule has 0 aliphatic carbocycles. The van der Waals surface area contributed by atoms with Gasteiger partial charge in [-0.2, -0.15) is 0 Å². The molecule has 1 heterocycles. The molecular weight excluding hydrogens is 190 g/mol. The van der Waals surface area contributed by atoms with E-state index in [0.717, 1.165) is 0 Å². The normalized spacial score (nSPS) is 21.8. The van der Waals surface area contributed by atoms with Crippen molar-refractivity contribution in [2.45, 2.75) is 25.3 Å². The lowest BCUT2D eigenvalue weighted by molar-refractivity contribution is -0.156. The number of piperidine rings is 1. The number of carboxylic acid groups (broad SMARTS) is 2. The molecule has 6 heteroatoms. The predicted molar refractivity (Wildman–Crippen MR) is 44.5 cm³/mol. The molecule has 1 amide bonds. The lowest BCUT2D eigenvalue weighted by Gasteiger charge is -2.25.